The van der Waals surface area contributed by atoms with E-state index in [-0.39, 0.29) is 12.2 Å². The maximum atomic E-state index is 11.9. The van der Waals surface area contributed by atoms with Crippen molar-refractivity contribution in [2.75, 3.05) is 0 Å². The van der Waals surface area contributed by atoms with Gasteiger partial charge in [0.2, 0.25) is 11.6 Å². The second-order valence-corrected chi connectivity index (χ2v) is 4.68. The summed E-state index contributed by atoms with van der Waals surface area (Å²) in [5.41, 5.74) is 0.214. The predicted octanol–water partition coefficient (Wildman–Crippen LogP) is 2.02. The predicted molar refractivity (Wildman–Crippen MR) is 60.9 cm³/mol. The van der Waals surface area contributed by atoms with Crippen LogP contribution in [-0.2, 0) is 14.4 Å². The van der Waals surface area contributed by atoms with Crippen LogP contribution in [0.25, 0.3) is 0 Å². The Bertz CT molecular complexity index is 422. The van der Waals surface area contributed by atoms with Crippen LogP contribution in [0, 0.1) is 5.41 Å². The zero-order chi connectivity index (χ0) is 12.5. The van der Waals surface area contributed by atoms with E-state index in [9.17, 15) is 14.4 Å². The number of ketones is 3. The normalized spacial score (nSPS) is 20.8. The van der Waals surface area contributed by atoms with Gasteiger partial charge < -0.3 is 0 Å². The van der Waals surface area contributed by atoms with Crippen LogP contribution < -0.4 is 0 Å². The largest absolute Gasteiger partial charge is 0.290 e. The van der Waals surface area contributed by atoms with Crippen molar-refractivity contribution in [3.63, 3.8) is 0 Å². The Morgan fingerprint density at radius 2 is 1.88 bits per heavy atom. The molecule has 1 rings (SSSR count). The summed E-state index contributed by atoms with van der Waals surface area (Å²) < 4.78 is 0. The zero-order valence-electron chi connectivity index (χ0n) is 10.1. The highest BCUT2D eigenvalue weighted by molar-refractivity contribution is 6.45. The van der Waals surface area contributed by atoms with Gasteiger partial charge in [0.1, 0.15) is 0 Å². The van der Waals surface area contributed by atoms with Crippen molar-refractivity contribution in [3.05, 3.63) is 23.3 Å². The average molecular weight is 220 g/mol. The van der Waals surface area contributed by atoms with Crippen LogP contribution in [-0.4, -0.2) is 17.3 Å². The molecule has 3 nitrogen and oxygen atoms in total. The molecule has 0 saturated carbocycles. The number of hydrogen-bond acceptors (Lipinski definition) is 3. The number of carbonyl (C=O) groups excluding carboxylic acids is 3. The van der Waals surface area contributed by atoms with Crippen LogP contribution in [0.15, 0.2) is 23.3 Å². The van der Waals surface area contributed by atoms with Gasteiger partial charge in [-0.25, -0.2) is 0 Å². The summed E-state index contributed by atoms with van der Waals surface area (Å²) in [6.07, 6.45) is 3.19. The van der Waals surface area contributed by atoms with Crippen molar-refractivity contribution in [1.82, 2.24) is 0 Å². The van der Waals surface area contributed by atoms with Gasteiger partial charge in [-0.1, -0.05) is 19.9 Å². The van der Waals surface area contributed by atoms with Gasteiger partial charge in [0.25, 0.3) is 0 Å². The van der Waals surface area contributed by atoms with Crippen LogP contribution in [0.1, 0.15) is 34.1 Å². The van der Waals surface area contributed by atoms with E-state index < -0.39 is 17.0 Å². The SMILES string of the molecule is C/C=C/C(=O)C1=C(C)C(=O)C(=O)CC1(C)C. The van der Waals surface area contributed by atoms with Crippen LogP contribution in [0.2, 0.25) is 0 Å². The molecule has 0 saturated heterocycles. The van der Waals surface area contributed by atoms with Gasteiger partial charge >= 0.3 is 0 Å². The number of Topliss-reactive ketones (excluding diaryl/α,β-unsaturated/α-hetero) is 2. The van der Waals surface area contributed by atoms with Gasteiger partial charge in [-0.15, -0.1) is 0 Å². The first-order valence-electron chi connectivity index (χ1n) is 5.27. The molecular formula is C13H16O3. The lowest BCUT2D eigenvalue weighted by molar-refractivity contribution is -0.136. The van der Waals surface area contributed by atoms with Crippen LogP contribution >= 0.6 is 0 Å². The Labute approximate surface area is 95.2 Å². The minimum absolute atomic E-state index is 0.113. The minimum Gasteiger partial charge on any atom is -0.290 e. The summed E-state index contributed by atoms with van der Waals surface area (Å²) in [7, 11) is 0. The van der Waals surface area contributed by atoms with E-state index in [4.69, 9.17) is 0 Å². The van der Waals surface area contributed by atoms with Gasteiger partial charge in [0.15, 0.2) is 5.78 Å². The van der Waals surface area contributed by atoms with E-state index in [1.54, 1.807) is 19.9 Å². The Morgan fingerprint density at radius 3 is 2.38 bits per heavy atom. The first-order valence-corrected chi connectivity index (χ1v) is 5.27. The maximum Gasteiger partial charge on any atom is 0.224 e. The Morgan fingerprint density at radius 1 is 1.31 bits per heavy atom. The maximum absolute atomic E-state index is 11.9. The summed E-state index contributed by atoms with van der Waals surface area (Å²) in [6, 6.07) is 0. The van der Waals surface area contributed by atoms with Crippen molar-refractivity contribution >= 4 is 17.3 Å². The third-order valence-corrected chi connectivity index (χ3v) is 2.81. The molecule has 3 heteroatoms. The molecule has 0 aromatic rings. The molecule has 0 spiro atoms. The molecule has 0 unspecified atom stereocenters. The molecule has 0 aliphatic heterocycles. The molecule has 86 valence electrons. The van der Waals surface area contributed by atoms with Gasteiger partial charge in [0.05, 0.1) is 0 Å². The smallest absolute Gasteiger partial charge is 0.224 e. The van der Waals surface area contributed by atoms with Crippen molar-refractivity contribution < 1.29 is 14.4 Å². The zero-order valence-corrected chi connectivity index (χ0v) is 10.1. The number of allylic oxidation sites excluding steroid dienone is 4. The number of carbonyl (C=O) groups is 3. The van der Waals surface area contributed by atoms with E-state index >= 15 is 0 Å². The lowest BCUT2D eigenvalue weighted by Crippen LogP contribution is -2.35. The van der Waals surface area contributed by atoms with Crippen molar-refractivity contribution in [2.24, 2.45) is 5.41 Å². The van der Waals surface area contributed by atoms with Crippen molar-refractivity contribution in [2.45, 2.75) is 34.1 Å². The van der Waals surface area contributed by atoms with E-state index in [1.807, 2.05) is 13.8 Å². The molecule has 0 heterocycles. The number of rotatable bonds is 2. The molecule has 0 radical (unpaired) electrons. The molecule has 0 aromatic heterocycles. The third kappa shape index (κ3) is 2.03. The molecular weight excluding hydrogens is 204 g/mol. The molecule has 16 heavy (non-hydrogen) atoms. The first-order chi connectivity index (χ1) is 7.31. The monoisotopic (exact) mass is 220 g/mol. The lowest BCUT2D eigenvalue weighted by atomic mass is 9.70. The standard InChI is InChI=1S/C13H16O3/c1-5-6-9(14)11-8(2)12(16)10(15)7-13(11,3)4/h5-6H,7H2,1-4H3/b6-5+. The molecule has 1 aliphatic rings. The van der Waals surface area contributed by atoms with Gasteiger partial charge in [0, 0.05) is 23.0 Å². The Balaban J connectivity index is 3.35. The molecule has 0 bridgehead atoms. The molecule has 0 N–H and O–H groups in total. The third-order valence-electron chi connectivity index (χ3n) is 2.81. The Hall–Kier alpha value is -1.51. The van der Waals surface area contributed by atoms with Crippen LogP contribution in [0.3, 0.4) is 0 Å². The first kappa shape index (κ1) is 12.6. The number of hydrogen-bond donors (Lipinski definition) is 0. The second kappa shape index (κ2) is 4.16. The van der Waals surface area contributed by atoms with Crippen LogP contribution in [0.4, 0.5) is 0 Å². The lowest BCUT2D eigenvalue weighted by Gasteiger charge is -2.31. The molecule has 0 fully saturated rings. The van der Waals surface area contributed by atoms with Gasteiger partial charge in [-0.3, -0.25) is 14.4 Å². The highest BCUT2D eigenvalue weighted by Gasteiger charge is 2.39. The highest BCUT2D eigenvalue weighted by atomic mass is 16.2. The average Bonchev–Trinajstić information content (AvgIpc) is 2.13. The summed E-state index contributed by atoms with van der Waals surface area (Å²) in [5, 5.41) is 0. The van der Waals surface area contributed by atoms with Crippen molar-refractivity contribution in [1.29, 1.82) is 0 Å². The van der Waals surface area contributed by atoms with E-state index in [0.717, 1.165) is 0 Å². The topological polar surface area (TPSA) is 51.2 Å². The van der Waals surface area contributed by atoms with E-state index in [0.29, 0.717) is 11.1 Å². The molecule has 0 atom stereocenters. The molecule has 0 aromatic carbocycles. The highest BCUT2D eigenvalue weighted by Crippen LogP contribution is 2.37. The summed E-state index contributed by atoms with van der Waals surface area (Å²) >= 11 is 0. The van der Waals surface area contributed by atoms with E-state index in [1.165, 1.54) is 6.08 Å². The molecule has 0 amide bonds. The fourth-order valence-electron chi connectivity index (χ4n) is 2.15. The van der Waals surface area contributed by atoms with Gasteiger partial charge in [-0.2, -0.15) is 0 Å². The fraction of sp³-hybridized carbons (Fsp3) is 0.462. The minimum atomic E-state index is -0.550. The van der Waals surface area contributed by atoms with Crippen molar-refractivity contribution in [3.8, 4) is 0 Å². The van der Waals surface area contributed by atoms with Crippen LogP contribution in [0.5, 0.6) is 0 Å². The Kier molecular flexibility index (Phi) is 3.27. The summed E-state index contributed by atoms with van der Waals surface area (Å²) in [4.78, 5) is 34.8. The second-order valence-electron chi connectivity index (χ2n) is 4.68. The fourth-order valence-corrected chi connectivity index (χ4v) is 2.15. The summed E-state index contributed by atoms with van der Waals surface area (Å²) in [5.74, 6) is -1.10. The summed E-state index contributed by atoms with van der Waals surface area (Å²) in [6.45, 7) is 6.93. The molecule has 1 aliphatic carbocycles. The van der Waals surface area contributed by atoms with Gasteiger partial charge in [-0.05, 0) is 19.9 Å². The quantitative estimate of drug-likeness (QED) is 0.528. The van der Waals surface area contributed by atoms with E-state index in [2.05, 4.69) is 0 Å².